The van der Waals surface area contributed by atoms with E-state index in [0.717, 1.165) is 15.5 Å². The van der Waals surface area contributed by atoms with Crippen molar-refractivity contribution in [1.29, 1.82) is 0 Å². The van der Waals surface area contributed by atoms with Gasteiger partial charge in [0.15, 0.2) is 0 Å². The van der Waals surface area contributed by atoms with Gasteiger partial charge in [0.2, 0.25) is 0 Å². The molecule has 0 aliphatic heterocycles. The molecule has 62 valence electrons. The Kier molecular flexibility index (Phi) is 1.65. The largest absolute Gasteiger partial charge is 0.248 e. The van der Waals surface area contributed by atoms with Crippen molar-refractivity contribution in [3.05, 3.63) is 22.2 Å². The van der Waals surface area contributed by atoms with Gasteiger partial charge in [-0.15, -0.1) is 5.10 Å². The predicted octanol–water partition coefficient (Wildman–Crippen LogP) is 2.04. The van der Waals surface area contributed by atoms with Gasteiger partial charge in [-0.25, -0.2) is 4.68 Å². The maximum absolute atomic E-state index is 4.02. The van der Waals surface area contributed by atoms with Gasteiger partial charge in [0.05, 0.1) is 5.52 Å². The fourth-order valence-corrected chi connectivity index (χ4v) is 1.87. The maximum Gasteiger partial charge on any atom is 0.127 e. The highest BCUT2D eigenvalue weighted by Crippen LogP contribution is 2.22. The lowest BCUT2D eigenvalue weighted by atomic mass is 10.2. The van der Waals surface area contributed by atoms with E-state index >= 15 is 0 Å². The molecule has 0 aliphatic rings. The number of nitrogens with zero attached hydrogens (tertiary/aromatic N) is 3. The number of fused-ring (bicyclic) bond motifs is 1. The van der Waals surface area contributed by atoms with E-state index in [-0.39, 0.29) is 0 Å². The Bertz CT molecular complexity index is 433. The van der Waals surface area contributed by atoms with Gasteiger partial charge in [0.25, 0.3) is 0 Å². The Labute approximate surface area is 78.5 Å². The normalized spacial score (nSPS) is 10.9. The molecular weight excluding hydrogens is 218 g/mol. The van der Waals surface area contributed by atoms with Crippen molar-refractivity contribution in [3.63, 3.8) is 0 Å². The van der Waals surface area contributed by atoms with E-state index in [0.29, 0.717) is 0 Å². The molecule has 2 rings (SSSR count). The molecule has 4 heteroatoms. The van der Waals surface area contributed by atoms with Crippen LogP contribution in [-0.2, 0) is 7.05 Å². The molecule has 0 N–H and O–H groups in total. The number of aryl methyl sites for hydroxylation is 2. The molecular formula is C8H8BrN3. The summed E-state index contributed by atoms with van der Waals surface area (Å²) >= 11 is 3.45. The van der Waals surface area contributed by atoms with Crippen molar-refractivity contribution in [1.82, 2.24) is 15.0 Å². The third-order valence-electron chi connectivity index (χ3n) is 1.82. The molecule has 0 amide bonds. The Morgan fingerprint density at radius 1 is 1.42 bits per heavy atom. The second-order valence-electron chi connectivity index (χ2n) is 2.83. The first-order valence-corrected chi connectivity index (χ1v) is 4.43. The van der Waals surface area contributed by atoms with Crippen LogP contribution in [-0.4, -0.2) is 15.0 Å². The molecule has 0 radical (unpaired) electrons. The average Bonchev–Trinajstić information content (AvgIpc) is 2.33. The standard InChI is InChI=1S/C8H8BrN3/c1-5-3-6(9)8-7(4-5)12(2)11-10-8/h3-4H,1-2H3. The summed E-state index contributed by atoms with van der Waals surface area (Å²) < 4.78 is 2.78. The van der Waals surface area contributed by atoms with Gasteiger partial charge >= 0.3 is 0 Å². The molecule has 3 nitrogen and oxygen atoms in total. The molecule has 0 spiro atoms. The number of hydrogen-bond acceptors (Lipinski definition) is 2. The van der Waals surface area contributed by atoms with Gasteiger partial charge in [-0.1, -0.05) is 5.21 Å². The number of rotatable bonds is 0. The van der Waals surface area contributed by atoms with Gasteiger partial charge < -0.3 is 0 Å². The average molecular weight is 226 g/mol. The Morgan fingerprint density at radius 3 is 2.92 bits per heavy atom. The fourth-order valence-electron chi connectivity index (χ4n) is 1.22. The zero-order valence-electron chi connectivity index (χ0n) is 6.87. The van der Waals surface area contributed by atoms with Crippen LogP contribution in [0.25, 0.3) is 11.0 Å². The van der Waals surface area contributed by atoms with Gasteiger partial charge in [-0.3, -0.25) is 0 Å². The highest BCUT2D eigenvalue weighted by molar-refractivity contribution is 9.10. The Hall–Kier alpha value is -0.900. The summed E-state index contributed by atoms with van der Waals surface area (Å²) in [6.07, 6.45) is 0. The highest BCUT2D eigenvalue weighted by atomic mass is 79.9. The molecule has 1 aromatic carbocycles. The van der Waals surface area contributed by atoms with Crippen LogP contribution in [0, 0.1) is 6.92 Å². The van der Waals surface area contributed by atoms with E-state index in [1.165, 1.54) is 5.56 Å². The van der Waals surface area contributed by atoms with Gasteiger partial charge in [-0.2, -0.15) is 0 Å². The highest BCUT2D eigenvalue weighted by Gasteiger charge is 2.05. The summed E-state index contributed by atoms with van der Waals surface area (Å²) in [5.74, 6) is 0. The van der Waals surface area contributed by atoms with Crippen molar-refractivity contribution < 1.29 is 0 Å². The Balaban J connectivity index is 2.92. The van der Waals surface area contributed by atoms with Crippen LogP contribution in [0.4, 0.5) is 0 Å². The monoisotopic (exact) mass is 225 g/mol. The van der Waals surface area contributed by atoms with Crippen LogP contribution >= 0.6 is 15.9 Å². The molecule has 12 heavy (non-hydrogen) atoms. The van der Waals surface area contributed by atoms with Crippen LogP contribution in [0.3, 0.4) is 0 Å². The summed E-state index contributed by atoms with van der Waals surface area (Å²) in [5.41, 5.74) is 3.18. The molecule has 0 unspecified atom stereocenters. The predicted molar refractivity (Wildman–Crippen MR) is 50.9 cm³/mol. The van der Waals surface area contributed by atoms with Crippen molar-refractivity contribution in [3.8, 4) is 0 Å². The molecule has 0 saturated carbocycles. The van der Waals surface area contributed by atoms with Crippen molar-refractivity contribution in [2.24, 2.45) is 7.05 Å². The fraction of sp³-hybridized carbons (Fsp3) is 0.250. The molecule has 2 aromatic rings. The number of aromatic nitrogens is 3. The minimum atomic E-state index is 0.920. The molecule has 0 aliphatic carbocycles. The first kappa shape index (κ1) is 7.73. The zero-order chi connectivity index (χ0) is 8.72. The molecule has 1 aromatic heterocycles. The van der Waals surface area contributed by atoms with E-state index in [1.54, 1.807) is 4.68 Å². The maximum atomic E-state index is 4.02. The lowest BCUT2D eigenvalue weighted by molar-refractivity contribution is 0.736. The van der Waals surface area contributed by atoms with Crippen molar-refractivity contribution in [2.75, 3.05) is 0 Å². The van der Waals surface area contributed by atoms with Crippen molar-refractivity contribution in [2.45, 2.75) is 6.92 Å². The SMILES string of the molecule is Cc1cc(Br)c2nnn(C)c2c1. The van der Waals surface area contributed by atoms with E-state index in [4.69, 9.17) is 0 Å². The minimum Gasteiger partial charge on any atom is -0.248 e. The zero-order valence-corrected chi connectivity index (χ0v) is 8.46. The molecule has 0 atom stereocenters. The first-order chi connectivity index (χ1) is 5.68. The topological polar surface area (TPSA) is 30.7 Å². The van der Waals surface area contributed by atoms with E-state index in [1.807, 2.05) is 13.1 Å². The number of halogens is 1. The summed E-state index contributed by atoms with van der Waals surface area (Å²) in [6.45, 7) is 2.05. The van der Waals surface area contributed by atoms with Gasteiger partial charge in [0, 0.05) is 11.5 Å². The van der Waals surface area contributed by atoms with E-state index < -0.39 is 0 Å². The van der Waals surface area contributed by atoms with Gasteiger partial charge in [-0.05, 0) is 40.5 Å². The third-order valence-corrected chi connectivity index (χ3v) is 2.42. The number of benzene rings is 1. The van der Waals surface area contributed by atoms with E-state index in [9.17, 15) is 0 Å². The van der Waals surface area contributed by atoms with Gasteiger partial charge in [0.1, 0.15) is 5.52 Å². The van der Waals surface area contributed by atoms with Crippen LogP contribution in [0.15, 0.2) is 16.6 Å². The molecule has 0 bridgehead atoms. The molecule has 0 fully saturated rings. The van der Waals surface area contributed by atoms with E-state index in [2.05, 4.69) is 39.2 Å². The van der Waals surface area contributed by atoms with Crippen LogP contribution in [0.1, 0.15) is 5.56 Å². The summed E-state index contributed by atoms with van der Waals surface area (Å²) in [7, 11) is 1.89. The first-order valence-electron chi connectivity index (χ1n) is 3.64. The smallest absolute Gasteiger partial charge is 0.127 e. The van der Waals surface area contributed by atoms with Crippen LogP contribution in [0.2, 0.25) is 0 Å². The van der Waals surface area contributed by atoms with Crippen LogP contribution in [0.5, 0.6) is 0 Å². The summed E-state index contributed by atoms with van der Waals surface area (Å²) in [4.78, 5) is 0. The van der Waals surface area contributed by atoms with Crippen LogP contribution < -0.4 is 0 Å². The minimum absolute atomic E-state index is 0.920. The number of hydrogen-bond donors (Lipinski definition) is 0. The lowest BCUT2D eigenvalue weighted by Gasteiger charge is -1.96. The molecule has 0 saturated heterocycles. The second kappa shape index (κ2) is 2.55. The quantitative estimate of drug-likeness (QED) is 0.688. The second-order valence-corrected chi connectivity index (χ2v) is 3.68. The lowest BCUT2D eigenvalue weighted by Crippen LogP contribution is -1.89. The summed E-state index contributed by atoms with van der Waals surface area (Å²) in [6, 6.07) is 4.11. The third kappa shape index (κ3) is 1.03. The Morgan fingerprint density at radius 2 is 2.17 bits per heavy atom. The summed E-state index contributed by atoms with van der Waals surface area (Å²) in [5, 5.41) is 7.96. The van der Waals surface area contributed by atoms with Crippen molar-refractivity contribution >= 4 is 27.0 Å². The molecule has 1 heterocycles.